The quantitative estimate of drug-likeness (QED) is 0.166. The average molecular weight is 746 g/mol. The summed E-state index contributed by atoms with van der Waals surface area (Å²) in [6, 6.07) is 38.9. The summed E-state index contributed by atoms with van der Waals surface area (Å²) in [5, 5.41) is 6.39. The Morgan fingerprint density at radius 3 is 2.18 bits per heavy atom. The predicted octanol–water partition coefficient (Wildman–Crippen LogP) is 9.40. The predicted molar refractivity (Wildman–Crippen MR) is 171 cm³/mol. The number of benzene rings is 5. The zero-order chi connectivity index (χ0) is 28.2. The fraction of sp³-hybridized carbons (Fsp3) is 0.0270. The van der Waals surface area contributed by atoms with Gasteiger partial charge in [-0.15, -0.1) is 24.3 Å². The van der Waals surface area contributed by atoms with Crippen molar-refractivity contribution in [1.29, 1.82) is 0 Å². The van der Waals surface area contributed by atoms with Gasteiger partial charge in [-0.05, 0) is 55.5 Å². The van der Waals surface area contributed by atoms with Crippen LogP contribution in [0.4, 0.5) is 0 Å². The van der Waals surface area contributed by atoms with E-state index in [1.54, 1.807) is 0 Å². The minimum absolute atomic E-state index is 0. The third-order valence-electron chi connectivity index (χ3n) is 8.62. The van der Waals surface area contributed by atoms with Gasteiger partial charge in [-0.2, -0.15) is 4.98 Å². The zero-order valence-electron chi connectivity index (χ0n) is 23.3. The van der Waals surface area contributed by atoms with Crippen LogP contribution in [0, 0.1) is 13.0 Å². The Hall–Kier alpha value is -5.23. The fourth-order valence-corrected chi connectivity index (χ4v) is 6.69. The van der Waals surface area contributed by atoms with Crippen molar-refractivity contribution in [2.45, 2.75) is 6.92 Å². The van der Waals surface area contributed by atoms with Crippen molar-refractivity contribution in [2.24, 2.45) is 0 Å². The molecule has 0 N–H and O–H groups in total. The molecule has 0 aliphatic rings. The standard InChI is InChI=1S/C37H21N4O2.Ir/c1-21-20-38-35-27-11-3-2-10-26(27)34-36(40(21)35)39-37(43-34)22-14-16-32-28(18-22)29-19-23(15-17-33(29)42-32)41-30-12-6-4-8-24(30)25-9-5-7-13-31(25)41;/h2-10,12-20H,1H3;/q-1;. The van der Waals surface area contributed by atoms with Gasteiger partial charge in [-0.3, -0.25) is 4.98 Å². The number of nitrogens with zero attached hydrogens (tertiary/aromatic N) is 4. The fourth-order valence-electron chi connectivity index (χ4n) is 6.69. The molecule has 0 amide bonds. The number of hydrogen-bond donors (Lipinski definition) is 0. The van der Waals surface area contributed by atoms with Gasteiger partial charge in [0.1, 0.15) is 16.7 Å². The van der Waals surface area contributed by atoms with Crippen molar-refractivity contribution in [2.75, 3.05) is 0 Å². The van der Waals surface area contributed by atoms with Crippen LogP contribution in [0.3, 0.4) is 0 Å². The molecule has 10 aromatic rings. The summed E-state index contributed by atoms with van der Waals surface area (Å²) in [6.07, 6.45) is 1.86. The second-order valence-electron chi connectivity index (χ2n) is 11.1. The molecule has 5 aromatic carbocycles. The molecule has 0 atom stereocenters. The molecular weight excluding hydrogens is 725 g/mol. The Kier molecular flexibility index (Phi) is 5.25. The minimum Gasteiger partial charge on any atom is -0.456 e. The van der Waals surface area contributed by atoms with Crippen LogP contribution in [-0.2, 0) is 20.1 Å². The molecule has 7 heteroatoms. The normalized spacial score (nSPS) is 12.0. The maximum absolute atomic E-state index is 6.50. The third kappa shape index (κ3) is 3.34. The average Bonchev–Trinajstić information content (AvgIpc) is 3.82. The molecule has 5 heterocycles. The number of pyridine rings is 1. The number of para-hydroxylation sites is 2. The van der Waals surface area contributed by atoms with Crippen LogP contribution in [0.5, 0.6) is 0 Å². The smallest absolute Gasteiger partial charge is 0.227 e. The monoisotopic (exact) mass is 746 g/mol. The number of imidazole rings is 1. The summed E-state index contributed by atoms with van der Waals surface area (Å²) in [5.74, 6) is 0.551. The Bertz CT molecular complexity index is 2710. The molecule has 5 aromatic heterocycles. The van der Waals surface area contributed by atoms with Crippen molar-refractivity contribution in [3.63, 3.8) is 0 Å². The van der Waals surface area contributed by atoms with E-state index in [9.17, 15) is 0 Å². The number of fused-ring (bicyclic) bond motifs is 12. The number of rotatable bonds is 2. The Labute approximate surface area is 263 Å². The van der Waals surface area contributed by atoms with Gasteiger partial charge in [0.05, 0.1) is 16.7 Å². The van der Waals surface area contributed by atoms with Gasteiger partial charge in [0.15, 0.2) is 5.65 Å². The molecule has 10 rings (SSSR count). The van der Waals surface area contributed by atoms with E-state index in [0.29, 0.717) is 5.89 Å². The summed E-state index contributed by atoms with van der Waals surface area (Å²) in [5.41, 5.74) is 9.27. The first kappa shape index (κ1) is 25.3. The number of aromatic nitrogens is 4. The van der Waals surface area contributed by atoms with E-state index in [2.05, 4.69) is 88.4 Å². The topological polar surface area (TPSA) is 61.4 Å². The Balaban J connectivity index is 0.00000270. The largest absolute Gasteiger partial charge is 0.456 e. The van der Waals surface area contributed by atoms with Crippen LogP contribution in [0.25, 0.3) is 88.5 Å². The van der Waals surface area contributed by atoms with E-state index in [1.807, 2.05) is 47.9 Å². The number of furan rings is 1. The molecular formula is C37H21IrN4O2-. The first-order valence-corrected chi connectivity index (χ1v) is 14.3. The minimum atomic E-state index is 0. The zero-order valence-corrected chi connectivity index (χ0v) is 25.7. The van der Waals surface area contributed by atoms with Crippen molar-refractivity contribution in [3.05, 3.63) is 121 Å². The molecule has 0 spiro atoms. The van der Waals surface area contributed by atoms with Crippen molar-refractivity contribution >= 4 is 71.4 Å². The van der Waals surface area contributed by atoms with E-state index >= 15 is 0 Å². The number of aryl methyl sites for hydroxylation is 1. The summed E-state index contributed by atoms with van der Waals surface area (Å²) >= 11 is 0. The van der Waals surface area contributed by atoms with Gasteiger partial charge in [-0.25, -0.2) is 0 Å². The summed E-state index contributed by atoms with van der Waals surface area (Å²) in [7, 11) is 0. The summed E-state index contributed by atoms with van der Waals surface area (Å²) in [6.45, 7) is 2.03. The molecule has 0 bridgehead atoms. The number of oxazole rings is 1. The van der Waals surface area contributed by atoms with Crippen molar-refractivity contribution < 1.29 is 28.9 Å². The van der Waals surface area contributed by atoms with Crippen LogP contribution in [0.15, 0.2) is 118 Å². The van der Waals surface area contributed by atoms with Crippen LogP contribution in [0.2, 0.25) is 0 Å². The molecule has 0 unspecified atom stereocenters. The molecule has 0 saturated carbocycles. The van der Waals surface area contributed by atoms with Crippen molar-refractivity contribution in [1.82, 2.24) is 18.9 Å². The van der Waals surface area contributed by atoms with E-state index < -0.39 is 0 Å². The third-order valence-corrected chi connectivity index (χ3v) is 8.62. The summed E-state index contributed by atoms with van der Waals surface area (Å²) < 4.78 is 17.2. The maximum atomic E-state index is 6.50. The molecule has 44 heavy (non-hydrogen) atoms. The molecule has 1 radical (unpaired) electrons. The maximum Gasteiger partial charge on any atom is 0.227 e. The Morgan fingerprint density at radius 2 is 1.39 bits per heavy atom. The Morgan fingerprint density at radius 1 is 0.682 bits per heavy atom. The molecule has 0 fully saturated rings. The van der Waals surface area contributed by atoms with Crippen LogP contribution in [-0.4, -0.2) is 18.9 Å². The molecule has 0 saturated heterocycles. The van der Waals surface area contributed by atoms with Gasteiger partial charge in [0, 0.05) is 64.8 Å². The summed E-state index contributed by atoms with van der Waals surface area (Å²) in [4.78, 5) is 9.65. The second kappa shape index (κ2) is 9.13. The van der Waals surface area contributed by atoms with Gasteiger partial charge in [-0.1, -0.05) is 47.2 Å². The van der Waals surface area contributed by atoms with E-state index in [4.69, 9.17) is 13.8 Å². The molecule has 211 valence electrons. The van der Waals surface area contributed by atoms with Gasteiger partial charge in [0.2, 0.25) is 5.89 Å². The first-order valence-electron chi connectivity index (χ1n) is 14.3. The van der Waals surface area contributed by atoms with Gasteiger partial charge in [0.25, 0.3) is 0 Å². The van der Waals surface area contributed by atoms with Crippen LogP contribution < -0.4 is 0 Å². The first-order chi connectivity index (χ1) is 21.2. The molecule has 0 aliphatic heterocycles. The molecule has 0 aliphatic carbocycles. The number of hydrogen-bond acceptors (Lipinski definition) is 4. The molecule has 6 nitrogen and oxygen atoms in total. The van der Waals surface area contributed by atoms with E-state index in [1.165, 1.54) is 21.8 Å². The van der Waals surface area contributed by atoms with E-state index in [0.717, 1.165) is 66.5 Å². The SMILES string of the molecule is Cc1cnc2c3[c-]cccc3c3oc(-c4ccc5oc6ccc(-n7c8ccccc8c8ccccc87)cc6c5c4)nc3n12.[Ir]. The van der Waals surface area contributed by atoms with Crippen LogP contribution in [0.1, 0.15) is 5.69 Å². The van der Waals surface area contributed by atoms with Gasteiger partial charge >= 0.3 is 0 Å². The second-order valence-corrected chi connectivity index (χ2v) is 11.1. The van der Waals surface area contributed by atoms with Crippen molar-refractivity contribution in [3.8, 4) is 17.1 Å². The van der Waals surface area contributed by atoms with Gasteiger partial charge < -0.3 is 17.8 Å². The van der Waals surface area contributed by atoms with Crippen LogP contribution >= 0.6 is 0 Å². The van der Waals surface area contributed by atoms with E-state index in [-0.39, 0.29) is 20.1 Å².